The Hall–Kier alpha value is -7.82. The Morgan fingerprint density at radius 3 is 1.33 bits per heavy atom. The SMILES string of the molecule is CC1(C)c2cc3c(cc2-c2cc4c5ccccc5n(-c5ccc6c(c5)c5ccccc5n6-c5ccccc5)c4cc21)c1ccccc1n3-c1ccc2oc3ccccc3c2c1. The number of nitrogens with zero attached hydrogens (tertiary/aromatic N) is 3. The molecule has 1 aliphatic carbocycles. The molecule has 0 unspecified atom stereocenters. The maximum absolute atomic E-state index is 6.25. The fourth-order valence-electron chi connectivity index (χ4n) is 11.0. The van der Waals surface area contributed by atoms with Crippen LogP contribution in [0.25, 0.3) is 116 Å². The molecule has 0 spiro atoms. The van der Waals surface area contributed by atoms with Crippen molar-refractivity contribution in [3.05, 3.63) is 199 Å². The molecule has 1 aliphatic rings. The minimum absolute atomic E-state index is 0.243. The maximum atomic E-state index is 6.25. The van der Waals surface area contributed by atoms with E-state index in [2.05, 4.69) is 210 Å². The number of fused-ring (bicyclic) bond motifs is 15. The third kappa shape index (κ3) is 4.33. The molecular weight excluding hydrogens is 743 g/mol. The number of para-hydroxylation sites is 5. The highest BCUT2D eigenvalue weighted by molar-refractivity contribution is 6.16. The lowest BCUT2D eigenvalue weighted by atomic mass is 9.82. The van der Waals surface area contributed by atoms with Gasteiger partial charge in [-0.3, -0.25) is 0 Å². The number of hydrogen-bond donors (Lipinski definition) is 0. The zero-order chi connectivity index (χ0) is 40.1. The lowest BCUT2D eigenvalue weighted by Crippen LogP contribution is -2.15. The normalized spacial score (nSPS) is 13.5. The second-order valence-corrected chi connectivity index (χ2v) is 17.3. The van der Waals surface area contributed by atoms with E-state index in [-0.39, 0.29) is 5.41 Å². The van der Waals surface area contributed by atoms with Gasteiger partial charge in [-0.2, -0.15) is 0 Å². The summed E-state index contributed by atoms with van der Waals surface area (Å²) in [5, 5.41) is 9.82. The Balaban J connectivity index is 0.996. The standard InChI is InChI=1S/C57H37N3O/c1-57(2)47-32-53-44(38-17-7-11-21-50(38)59(53)35-24-26-52-43(28-35)37-16-6-10-20-49(37)58(52)34-14-4-3-5-15-34)30-41(47)42-31-45-39-18-8-12-22-51(39)60(54(45)33-48(42)57)36-25-27-56-46(29-36)40-19-9-13-23-55(40)61-56/h3-33H,1-2H3. The summed E-state index contributed by atoms with van der Waals surface area (Å²) in [5.41, 5.74) is 17.7. The molecule has 0 atom stereocenters. The van der Waals surface area contributed by atoms with Gasteiger partial charge in [0.15, 0.2) is 0 Å². The Morgan fingerprint density at radius 2 is 0.738 bits per heavy atom. The minimum atomic E-state index is -0.243. The predicted molar refractivity (Wildman–Crippen MR) is 254 cm³/mol. The molecule has 0 amide bonds. The van der Waals surface area contributed by atoms with Gasteiger partial charge in [0.2, 0.25) is 0 Å². The van der Waals surface area contributed by atoms with Crippen LogP contribution in [0.1, 0.15) is 25.0 Å². The number of rotatable bonds is 3. The first-order valence-electron chi connectivity index (χ1n) is 21.2. The fraction of sp³-hybridized carbons (Fsp3) is 0.0526. The molecule has 9 aromatic carbocycles. The Bertz CT molecular complexity index is 4020. The summed E-state index contributed by atoms with van der Waals surface area (Å²) in [5.74, 6) is 0. The molecule has 0 fully saturated rings. The Labute approximate surface area is 350 Å². The first-order chi connectivity index (χ1) is 30.0. The van der Waals surface area contributed by atoms with Crippen LogP contribution in [0.4, 0.5) is 0 Å². The second-order valence-electron chi connectivity index (χ2n) is 17.3. The van der Waals surface area contributed by atoms with Crippen LogP contribution in [0.3, 0.4) is 0 Å². The van der Waals surface area contributed by atoms with Gasteiger partial charge in [-0.25, -0.2) is 0 Å². The largest absolute Gasteiger partial charge is 0.456 e. The van der Waals surface area contributed by atoms with Crippen LogP contribution in [-0.4, -0.2) is 13.7 Å². The van der Waals surface area contributed by atoms with Gasteiger partial charge in [0.05, 0.1) is 33.1 Å². The van der Waals surface area contributed by atoms with Gasteiger partial charge in [-0.15, -0.1) is 0 Å². The highest BCUT2D eigenvalue weighted by Crippen LogP contribution is 2.53. The molecule has 4 nitrogen and oxygen atoms in total. The summed E-state index contributed by atoms with van der Waals surface area (Å²) in [6.07, 6.45) is 0. The first kappa shape index (κ1) is 33.1. The smallest absolute Gasteiger partial charge is 0.135 e. The van der Waals surface area contributed by atoms with Gasteiger partial charge < -0.3 is 18.1 Å². The molecule has 0 aliphatic heterocycles. The molecule has 286 valence electrons. The van der Waals surface area contributed by atoms with Crippen molar-refractivity contribution in [2.75, 3.05) is 0 Å². The van der Waals surface area contributed by atoms with Crippen LogP contribution in [-0.2, 0) is 5.41 Å². The summed E-state index contributed by atoms with van der Waals surface area (Å²) in [6, 6.07) is 69.2. The molecule has 13 aromatic rings. The zero-order valence-corrected chi connectivity index (χ0v) is 33.6. The van der Waals surface area contributed by atoms with Gasteiger partial charge in [-0.1, -0.05) is 105 Å². The van der Waals surface area contributed by atoms with Crippen LogP contribution in [0.5, 0.6) is 0 Å². The van der Waals surface area contributed by atoms with E-state index < -0.39 is 0 Å². The van der Waals surface area contributed by atoms with E-state index in [1.807, 2.05) is 6.07 Å². The topological polar surface area (TPSA) is 27.9 Å². The van der Waals surface area contributed by atoms with Gasteiger partial charge >= 0.3 is 0 Å². The summed E-state index contributed by atoms with van der Waals surface area (Å²) in [4.78, 5) is 0. The number of benzene rings is 9. The molecule has 0 radical (unpaired) electrons. The average Bonchev–Trinajstić information content (AvgIpc) is 4.07. The molecular formula is C57H37N3O. The third-order valence-corrected chi connectivity index (χ3v) is 13.8. The van der Waals surface area contributed by atoms with Crippen molar-refractivity contribution >= 4 is 87.4 Å². The Kier molecular flexibility index (Phi) is 6.33. The lowest BCUT2D eigenvalue weighted by molar-refractivity contribution is 0.661. The van der Waals surface area contributed by atoms with E-state index >= 15 is 0 Å². The molecule has 61 heavy (non-hydrogen) atoms. The van der Waals surface area contributed by atoms with Gasteiger partial charge in [-0.05, 0) is 119 Å². The van der Waals surface area contributed by atoms with Crippen LogP contribution in [0, 0.1) is 0 Å². The number of hydrogen-bond acceptors (Lipinski definition) is 1. The Morgan fingerprint density at radius 1 is 0.311 bits per heavy atom. The number of furan rings is 1. The van der Waals surface area contributed by atoms with Gasteiger partial charge in [0.1, 0.15) is 11.2 Å². The summed E-state index contributed by atoms with van der Waals surface area (Å²) in [6.45, 7) is 4.81. The third-order valence-electron chi connectivity index (χ3n) is 13.8. The van der Waals surface area contributed by atoms with Crippen molar-refractivity contribution in [3.8, 4) is 28.2 Å². The van der Waals surface area contributed by atoms with Crippen LogP contribution >= 0.6 is 0 Å². The van der Waals surface area contributed by atoms with Crippen molar-refractivity contribution in [2.45, 2.75) is 19.3 Å². The predicted octanol–water partition coefficient (Wildman–Crippen LogP) is 15.2. The van der Waals surface area contributed by atoms with Crippen molar-refractivity contribution in [3.63, 3.8) is 0 Å². The lowest BCUT2D eigenvalue weighted by Gasteiger charge is -2.22. The van der Waals surface area contributed by atoms with E-state index in [0.29, 0.717) is 0 Å². The van der Waals surface area contributed by atoms with Crippen LogP contribution in [0.15, 0.2) is 192 Å². The maximum Gasteiger partial charge on any atom is 0.135 e. The van der Waals surface area contributed by atoms with Gasteiger partial charge in [0.25, 0.3) is 0 Å². The highest BCUT2D eigenvalue weighted by atomic mass is 16.3. The molecule has 0 saturated carbocycles. The number of aromatic nitrogens is 3. The van der Waals surface area contributed by atoms with E-state index in [9.17, 15) is 0 Å². The molecule has 14 rings (SSSR count). The average molecular weight is 780 g/mol. The molecule has 0 saturated heterocycles. The quantitative estimate of drug-likeness (QED) is 0.176. The van der Waals surface area contributed by atoms with E-state index in [0.717, 1.165) is 33.3 Å². The molecule has 0 bridgehead atoms. The highest BCUT2D eigenvalue weighted by Gasteiger charge is 2.37. The first-order valence-corrected chi connectivity index (χ1v) is 21.2. The summed E-state index contributed by atoms with van der Waals surface area (Å²) < 4.78 is 13.6. The monoisotopic (exact) mass is 779 g/mol. The summed E-state index contributed by atoms with van der Waals surface area (Å²) >= 11 is 0. The van der Waals surface area contributed by atoms with Crippen LogP contribution < -0.4 is 0 Å². The van der Waals surface area contributed by atoms with Crippen molar-refractivity contribution in [2.24, 2.45) is 0 Å². The van der Waals surface area contributed by atoms with Crippen molar-refractivity contribution in [1.82, 2.24) is 13.7 Å². The summed E-state index contributed by atoms with van der Waals surface area (Å²) in [7, 11) is 0. The molecule has 0 N–H and O–H groups in total. The molecule has 4 heteroatoms. The zero-order valence-electron chi connectivity index (χ0n) is 33.6. The van der Waals surface area contributed by atoms with Crippen molar-refractivity contribution < 1.29 is 4.42 Å². The molecule has 4 heterocycles. The second kappa shape index (κ2) is 11.7. The van der Waals surface area contributed by atoms with Gasteiger partial charge in [0, 0.05) is 65.6 Å². The van der Waals surface area contributed by atoms with Crippen LogP contribution in [0.2, 0.25) is 0 Å². The van der Waals surface area contributed by atoms with Crippen molar-refractivity contribution in [1.29, 1.82) is 0 Å². The van der Waals surface area contributed by atoms with E-state index in [4.69, 9.17) is 4.42 Å². The fourth-order valence-corrected chi connectivity index (χ4v) is 11.0. The minimum Gasteiger partial charge on any atom is -0.456 e. The van der Waals surface area contributed by atoms with E-state index in [1.165, 1.54) is 93.4 Å². The molecule has 4 aromatic heterocycles. The van der Waals surface area contributed by atoms with E-state index in [1.54, 1.807) is 0 Å².